The molecule has 5 nitrogen and oxygen atoms in total. The van der Waals surface area contributed by atoms with Gasteiger partial charge in [-0.05, 0) is 49.1 Å². The number of benzene rings is 1. The van der Waals surface area contributed by atoms with Crippen molar-refractivity contribution in [3.05, 3.63) is 60.4 Å². The van der Waals surface area contributed by atoms with E-state index in [4.69, 9.17) is 0 Å². The molecule has 2 N–H and O–H groups in total. The van der Waals surface area contributed by atoms with Crippen LogP contribution in [0.15, 0.2) is 54.9 Å². The molecular formula is C22H27N5. The quantitative estimate of drug-likeness (QED) is 0.637. The van der Waals surface area contributed by atoms with Crippen LogP contribution in [0.1, 0.15) is 40.2 Å². The van der Waals surface area contributed by atoms with Gasteiger partial charge in [-0.25, -0.2) is 4.98 Å². The molecule has 0 atom stereocenters. The van der Waals surface area contributed by atoms with Crippen LogP contribution in [0.25, 0.3) is 11.3 Å². The number of pyridine rings is 1. The normalized spacial score (nSPS) is 11.5. The van der Waals surface area contributed by atoms with E-state index in [9.17, 15) is 0 Å². The van der Waals surface area contributed by atoms with Crippen molar-refractivity contribution < 1.29 is 0 Å². The zero-order valence-corrected chi connectivity index (χ0v) is 16.6. The zero-order valence-electron chi connectivity index (χ0n) is 16.6. The summed E-state index contributed by atoms with van der Waals surface area (Å²) in [4.78, 5) is 13.4. The SMILES string of the molecule is CC(C)Nc1nc(Nc2ccc(C(C)(C)C)cc2)cc(-c2cccnc2)n1. The third-order valence-electron chi connectivity index (χ3n) is 4.12. The van der Waals surface area contributed by atoms with Gasteiger partial charge in [0, 0.05) is 35.8 Å². The molecule has 3 aromatic rings. The second-order valence-electron chi connectivity index (χ2n) is 7.96. The summed E-state index contributed by atoms with van der Waals surface area (Å²) in [5, 5.41) is 6.68. The summed E-state index contributed by atoms with van der Waals surface area (Å²) in [6, 6.07) is 14.6. The topological polar surface area (TPSA) is 62.7 Å². The van der Waals surface area contributed by atoms with E-state index in [-0.39, 0.29) is 11.5 Å². The number of hydrogen-bond donors (Lipinski definition) is 2. The van der Waals surface area contributed by atoms with E-state index in [2.05, 4.69) is 84.5 Å². The van der Waals surface area contributed by atoms with E-state index in [0.717, 1.165) is 22.8 Å². The highest BCUT2D eigenvalue weighted by molar-refractivity contribution is 5.67. The van der Waals surface area contributed by atoms with Crippen LogP contribution >= 0.6 is 0 Å². The Morgan fingerprint density at radius 1 is 0.963 bits per heavy atom. The average molecular weight is 361 g/mol. The standard InChI is InChI=1S/C22H27N5/c1-15(2)24-21-26-19(16-7-6-12-23-14-16)13-20(27-21)25-18-10-8-17(9-11-18)22(3,4)5/h6-15H,1-5H3,(H2,24,25,26,27). The van der Waals surface area contributed by atoms with Crippen molar-refractivity contribution in [3.63, 3.8) is 0 Å². The summed E-state index contributed by atoms with van der Waals surface area (Å²) in [5.74, 6) is 1.34. The summed E-state index contributed by atoms with van der Waals surface area (Å²) in [6.07, 6.45) is 3.57. The molecule has 0 unspecified atom stereocenters. The van der Waals surface area contributed by atoms with Crippen LogP contribution in [0.3, 0.4) is 0 Å². The zero-order chi connectivity index (χ0) is 19.4. The van der Waals surface area contributed by atoms with Crippen molar-refractivity contribution in [2.75, 3.05) is 10.6 Å². The molecule has 2 aromatic heterocycles. The first kappa shape index (κ1) is 18.8. The van der Waals surface area contributed by atoms with Gasteiger partial charge in [-0.1, -0.05) is 32.9 Å². The number of rotatable bonds is 5. The first-order chi connectivity index (χ1) is 12.8. The smallest absolute Gasteiger partial charge is 0.225 e. The minimum atomic E-state index is 0.134. The Bertz CT molecular complexity index is 881. The highest BCUT2D eigenvalue weighted by atomic mass is 15.2. The molecule has 0 aliphatic carbocycles. The molecule has 0 bridgehead atoms. The highest BCUT2D eigenvalue weighted by Gasteiger charge is 2.13. The number of hydrogen-bond acceptors (Lipinski definition) is 5. The summed E-state index contributed by atoms with van der Waals surface area (Å²) in [5.41, 5.74) is 4.21. The molecule has 140 valence electrons. The Morgan fingerprint density at radius 2 is 1.70 bits per heavy atom. The van der Waals surface area contributed by atoms with Gasteiger partial charge >= 0.3 is 0 Å². The van der Waals surface area contributed by atoms with Crippen molar-refractivity contribution in [1.29, 1.82) is 0 Å². The summed E-state index contributed by atoms with van der Waals surface area (Å²) in [7, 11) is 0. The van der Waals surface area contributed by atoms with Crippen LogP contribution in [0.5, 0.6) is 0 Å². The molecule has 3 rings (SSSR count). The Morgan fingerprint density at radius 3 is 2.30 bits per heavy atom. The van der Waals surface area contributed by atoms with Gasteiger partial charge in [0.05, 0.1) is 5.69 Å². The average Bonchev–Trinajstić information content (AvgIpc) is 2.61. The largest absolute Gasteiger partial charge is 0.352 e. The van der Waals surface area contributed by atoms with Crippen LogP contribution in [0.2, 0.25) is 0 Å². The first-order valence-corrected chi connectivity index (χ1v) is 9.25. The second kappa shape index (κ2) is 7.74. The number of nitrogens with zero attached hydrogens (tertiary/aromatic N) is 3. The number of nitrogens with one attached hydrogen (secondary N) is 2. The molecule has 0 saturated heterocycles. The molecule has 0 amide bonds. The molecule has 27 heavy (non-hydrogen) atoms. The van der Waals surface area contributed by atoms with Crippen molar-refractivity contribution in [3.8, 4) is 11.3 Å². The Labute approximate surface area is 161 Å². The summed E-state index contributed by atoms with van der Waals surface area (Å²) >= 11 is 0. The van der Waals surface area contributed by atoms with E-state index in [1.165, 1.54) is 5.56 Å². The molecule has 0 fully saturated rings. The van der Waals surface area contributed by atoms with Crippen molar-refractivity contribution in [1.82, 2.24) is 15.0 Å². The van der Waals surface area contributed by atoms with E-state index >= 15 is 0 Å². The lowest BCUT2D eigenvalue weighted by Gasteiger charge is -2.19. The second-order valence-corrected chi connectivity index (χ2v) is 7.96. The minimum Gasteiger partial charge on any atom is -0.352 e. The fraction of sp³-hybridized carbons (Fsp3) is 0.318. The van der Waals surface area contributed by atoms with Gasteiger partial charge in [0.1, 0.15) is 5.82 Å². The fourth-order valence-corrected chi connectivity index (χ4v) is 2.70. The molecule has 0 saturated carbocycles. The van der Waals surface area contributed by atoms with Gasteiger partial charge in [-0.2, -0.15) is 4.98 Å². The van der Waals surface area contributed by atoms with E-state index < -0.39 is 0 Å². The van der Waals surface area contributed by atoms with Crippen LogP contribution in [-0.2, 0) is 5.41 Å². The Balaban J connectivity index is 1.92. The lowest BCUT2D eigenvalue weighted by molar-refractivity contribution is 0.590. The van der Waals surface area contributed by atoms with E-state index in [1.807, 2.05) is 24.4 Å². The Hall–Kier alpha value is -2.95. The fourth-order valence-electron chi connectivity index (χ4n) is 2.70. The van der Waals surface area contributed by atoms with Crippen LogP contribution in [-0.4, -0.2) is 21.0 Å². The highest BCUT2D eigenvalue weighted by Crippen LogP contribution is 2.26. The minimum absolute atomic E-state index is 0.134. The van der Waals surface area contributed by atoms with Gasteiger partial charge in [0.15, 0.2) is 0 Å². The van der Waals surface area contributed by atoms with Crippen LogP contribution < -0.4 is 10.6 Å². The Kier molecular flexibility index (Phi) is 5.40. The maximum Gasteiger partial charge on any atom is 0.225 e. The maximum absolute atomic E-state index is 4.63. The molecule has 5 heteroatoms. The van der Waals surface area contributed by atoms with E-state index in [1.54, 1.807) is 6.20 Å². The molecule has 2 heterocycles. The first-order valence-electron chi connectivity index (χ1n) is 9.25. The number of aromatic nitrogens is 3. The predicted molar refractivity (Wildman–Crippen MR) is 112 cm³/mol. The molecule has 0 aliphatic rings. The van der Waals surface area contributed by atoms with Gasteiger partial charge in [0.25, 0.3) is 0 Å². The lowest BCUT2D eigenvalue weighted by atomic mass is 9.87. The molecule has 1 aromatic carbocycles. The molecule has 0 spiro atoms. The van der Waals surface area contributed by atoms with Crippen LogP contribution in [0, 0.1) is 0 Å². The van der Waals surface area contributed by atoms with Crippen molar-refractivity contribution >= 4 is 17.5 Å². The van der Waals surface area contributed by atoms with Crippen molar-refractivity contribution in [2.24, 2.45) is 0 Å². The van der Waals surface area contributed by atoms with Gasteiger partial charge in [-0.3, -0.25) is 4.98 Å². The van der Waals surface area contributed by atoms with Gasteiger partial charge in [-0.15, -0.1) is 0 Å². The third kappa shape index (κ3) is 5.03. The summed E-state index contributed by atoms with van der Waals surface area (Å²) in [6.45, 7) is 10.8. The molecule has 0 radical (unpaired) electrons. The molecule has 0 aliphatic heterocycles. The predicted octanol–water partition coefficient (Wildman–Crippen LogP) is 5.40. The molecular weight excluding hydrogens is 334 g/mol. The third-order valence-corrected chi connectivity index (χ3v) is 4.12. The van der Waals surface area contributed by atoms with E-state index in [0.29, 0.717) is 5.95 Å². The number of anilines is 3. The van der Waals surface area contributed by atoms with Gasteiger partial charge in [0.2, 0.25) is 5.95 Å². The monoisotopic (exact) mass is 361 g/mol. The lowest BCUT2D eigenvalue weighted by Crippen LogP contribution is -2.13. The van der Waals surface area contributed by atoms with Crippen LogP contribution in [0.4, 0.5) is 17.5 Å². The van der Waals surface area contributed by atoms with Gasteiger partial charge < -0.3 is 10.6 Å². The maximum atomic E-state index is 4.63. The van der Waals surface area contributed by atoms with Crippen molar-refractivity contribution in [2.45, 2.75) is 46.1 Å². The summed E-state index contributed by atoms with van der Waals surface area (Å²) < 4.78 is 0.